The lowest BCUT2D eigenvalue weighted by Crippen LogP contribution is -2.46. The first kappa shape index (κ1) is 15.0. The number of likely N-dealkylation sites (N-methyl/N-ethyl adjacent to an activating group) is 1. The summed E-state index contributed by atoms with van der Waals surface area (Å²) in [4.78, 5) is 23.2. The molecule has 7 nitrogen and oxygen atoms in total. The van der Waals surface area contributed by atoms with Crippen LogP contribution in [0.25, 0.3) is 0 Å². The van der Waals surface area contributed by atoms with Crippen LogP contribution >= 0.6 is 0 Å². The van der Waals surface area contributed by atoms with Crippen LogP contribution in [0.5, 0.6) is 0 Å². The summed E-state index contributed by atoms with van der Waals surface area (Å²) in [7, 11) is 1.38. The molecule has 4 N–H and O–H groups in total. The zero-order valence-corrected chi connectivity index (χ0v) is 9.20. The van der Waals surface area contributed by atoms with E-state index in [9.17, 15) is 19.8 Å². The van der Waals surface area contributed by atoms with Gasteiger partial charge in [-0.25, -0.2) is 0 Å². The monoisotopic (exact) mass is 235 g/mol. The Morgan fingerprint density at radius 2 is 1.75 bits per heavy atom. The third-order valence-corrected chi connectivity index (χ3v) is 2.16. The van der Waals surface area contributed by atoms with E-state index in [2.05, 4.69) is 0 Å². The fraction of sp³-hybridized carbons (Fsp3) is 0.778. The Kier molecular flexibility index (Phi) is 6.12. The molecular formula is C9H17NO6. The first-order chi connectivity index (χ1) is 7.31. The smallest absolute Gasteiger partial charge is 0.219 e. The van der Waals surface area contributed by atoms with Gasteiger partial charge in [-0.15, -0.1) is 0 Å². The summed E-state index contributed by atoms with van der Waals surface area (Å²) >= 11 is 0. The third kappa shape index (κ3) is 4.23. The Morgan fingerprint density at radius 1 is 1.25 bits per heavy atom. The van der Waals surface area contributed by atoms with Gasteiger partial charge in [0.25, 0.3) is 0 Å². The van der Waals surface area contributed by atoms with E-state index in [0.29, 0.717) is 0 Å². The number of Topliss-reactive ketones (excluding diaryl/α,β-unsaturated/α-hetero) is 1. The maximum Gasteiger partial charge on any atom is 0.219 e. The predicted octanol–water partition coefficient (Wildman–Crippen LogP) is -2.89. The Hall–Kier alpha value is -1.02. The quantitative estimate of drug-likeness (QED) is 0.392. The van der Waals surface area contributed by atoms with Crippen LogP contribution in [0.4, 0.5) is 0 Å². The summed E-state index contributed by atoms with van der Waals surface area (Å²) in [5.74, 6) is -1.38. The van der Waals surface area contributed by atoms with Gasteiger partial charge in [0.15, 0.2) is 5.78 Å². The lowest BCUT2D eigenvalue weighted by Gasteiger charge is -2.21. The highest BCUT2D eigenvalue weighted by atomic mass is 16.4. The molecular weight excluding hydrogens is 218 g/mol. The second-order valence-corrected chi connectivity index (χ2v) is 3.51. The topological polar surface area (TPSA) is 118 Å². The number of hydrogen-bond donors (Lipinski definition) is 4. The van der Waals surface area contributed by atoms with E-state index in [-0.39, 0.29) is 12.5 Å². The number of amides is 1. The molecule has 0 aromatic carbocycles. The lowest BCUT2D eigenvalue weighted by atomic mass is 10.1. The van der Waals surface area contributed by atoms with Crippen LogP contribution in [0.2, 0.25) is 0 Å². The molecule has 0 aliphatic rings. The summed E-state index contributed by atoms with van der Waals surface area (Å²) < 4.78 is 0. The van der Waals surface area contributed by atoms with Crippen LogP contribution in [0, 0.1) is 0 Å². The Bertz CT molecular complexity index is 256. The van der Waals surface area contributed by atoms with Crippen molar-refractivity contribution in [2.24, 2.45) is 0 Å². The highest BCUT2D eigenvalue weighted by Crippen LogP contribution is 2.01. The normalized spacial score (nSPS) is 16.4. The van der Waals surface area contributed by atoms with Crippen molar-refractivity contribution in [3.8, 4) is 0 Å². The number of nitrogens with zero attached hydrogens (tertiary/aromatic N) is 1. The molecule has 16 heavy (non-hydrogen) atoms. The minimum atomic E-state index is -1.86. The molecule has 0 spiro atoms. The zero-order valence-electron chi connectivity index (χ0n) is 9.20. The van der Waals surface area contributed by atoms with Crippen molar-refractivity contribution >= 4 is 11.7 Å². The molecule has 0 radical (unpaired) electrons. The van der Waals surface area contributed by atoms with Gasteiger partial charge in [-0.3, -0.25) is 9.59 Å². The van der Waals surface area contributed by atoms with E-state index in [0.717, 1.165) is 4.90 Å². The van der Waals surface area contributed by atoms with Crippen molar-refractivity contribution in [3.05, 3.63) is 0 Å². The number of rotatable bonds is 6. The summed E-state index contributed by atoms with van der Waals surface area (Å²) in [6, 6.07) is 0. The average Bonchev–Trinajstić information content (AvgIpc) is 2.25. The molecule has 1 unspecified atom stereocenters. The molecule has 0 heterocycles. The molecule has 0 rings (SSSR count). The summed E-state index contributed by atoms with van der Waals surface area (Å²) in [5, 5.41) is 36.0. The summed E-state index contributed by atoms with van der Waals surface area (Å²) in [6.07, 6.45) is -5.09. The van der Waals surface area contributed by atoms with Crippen LogP contribution in [0.3, 0.4) is 0 Å². The minimum Gasteiger partial charge on any atom is -0.394 e. The van der Waals surface area contributed by atoms with Crippen LogP contribution in [-0.4, -0.2) is 75.5 Å². The van der Waals surface area contributed by atoms with Crippen LogP contribution in [0.15, 0.2) is 0 Å². The first-order valence-corrected chi connectivity index (χ1v) is 4.71. The van der Waals surface area contributed by atoms with Gasteiger partial charge in [0.1, 0.15) is 18.3 Å². The van der Waals surface area contributed by atoms with Crippen molar-refractivity contribution in [1.82, 2.24) is 4.90 Å². The lowest BCUT2D eigenvalue weighted by molar-refractivity contribution is -0.145. The maximum atomic E-state index is 11.3. The van der Waals surface area contributed by atoms with E-state index in [1.807, 2.05) is 0 Å². The van der Waals surface area contributed by atoms with E-state index in [1.165, 1.54) is 14.0 Å². The molecule has 0 saturated carbocycles. The van der Waals surface area contributed by atoms with Gasteiger partial charge < -0.3 is 25.3 Å². The van der Waals surface area contributed by atoms with Crippen molar-refractivity contribution in [2.45, 2.75) is 25.2 Å². The Labute approximate surface area is 92.9 Å². The standard InChI is InChI=1S/C9H17NO6/c1-5(12)10(2)3-6(13)8(15)9(16)7(14)4-11/h6-7,9,11,13-14,16H,3-4H2,1-2H3/t6-,7?,9+/m0/s1. The minimum absolute atomic E-state index is 0.274. The van der Waals surface area contributed by atoms with Crippen LogP contribution in [-0.2, 0) is 9.59 Å². The van der Waals surface area contributed by atoms with Crippen molar-refractivity contribution < 1.29 is 30.0 Å². The number of aliphatic hydroxyl groups excluding tert-OH is 4. The maximum absolute atomic E-state index is 11.3. The van der Waals surface area contributed by atoms with Crippen LogP contribution in [0.1, 0.15) is 6.92 Å². The number of ketones is 1. The SMILES string of the molecule is CC(=O)N(C)C[C@H](O)C(=O)[C@H](O)C(O)CO. The number of carbonyl (C=O) groups excluding carboxylic acids is 2. The molecule has 0 saturated heterocycles. The summed E-state index contributed by atoms with van der Waals surface area (Å²) in [5.41, 5.74) is 0. The van der Waals surface area contributed by atoms with E-state index in [4.69, 9.17) is 10.2 Å². The first-order valence-electron chi connectivity index (χ1n) is 4.71. The van der Waals surface area contributed by atoms with Gasteiger partial charge in [0, 0.05) is 14.0 Å². The highest BCUT2D eigenvalue weighted by Gasteiger charge is 2.30. The molecule has 3 atom stereocenters. The van der Waals surface area contributed by atoms with Gasteiger partial charge in [0.2, 0.25) is 5.91 Å². The number of hydrogen-bond acceptors (Lipinski definition) is 6. The Morgan fingerprint density at radius 3 is 2.12 bits per heavy atom. The molecule has 0 aromatic heterocycles. The number of carbonyl (C=O) groups is 2. The van der Waals surface area contributed by atoms with E-state index >= 15 is 0 Å². The highest BCUT2D eigenvalue weighted by molar-refractivity contribution is 5.88. The molecule has 0 bridgehead atoms. The van der Waals surface area contributed by atoms with E-state index in [1.54, 1.807) is 0 Å². The molecule has 0 aliphatic carbocycles. The van der Waals surface area contributed by atoms with Crippen LogP contribution < -0.4 is 0 Å². The van der Waals surface area contributed by atoms with Gasteiger partial charge in [0.05, 0.1) is 13.2 Å². The van der Waals surface area contributed by atoms with Crippen molar-refractivity contribution in [3.63, 3.8) is 0 Å². The fourth-order valence-electron chi connectivity index (χ4n) is 0.965. The Balaban J connectivity index is 4.33. The van der Waals surface area contributed by atoms with Crippen molar-refractivity contribution in [2.75, 3.05) is 20.2 Å². The average molecular weight is 235 g/mol. The second-order valence-electron chi connectivity index (χ2n) is 3.51. The molecule has 0 aromatic rings. The molecule has 0 aliphatic heterocycles. The molecule has 94 valence electrons. The largest absolute Gasteiger partial charge is 0.394 e. The summed E-state index contributed by atoms with van der Waals surface area (Å²) in [6.45, 7) is 0.196. The number of aliphatic hydroxyl groups is 4. The zero-order chi connectivity index (χ0) is 12.9. The predicted molar refractivity (Wildman–Crippen MR) is 53.4 cm³/mol. The third-order valence-electron chi connectivity index (χ3n) is 2.16. The fourth-order valence-corrected chi connectivity index (χ4v) is 0.965. The second kappa shape index (κ2) is 6.54. The molecule has 1 amide bonds. The molecule has 0 fully saturated rings. The van der Waals surface area contributed by atoms with Gasteiger partial charge in [-0.2, -0.15) is 0 Å². The van der Waals surface area contributed by atoms with E-state index < -0.39 is 30.7 Å². The van der Waals surface area contributed by atoms with Crippen molar-refractivity contribution in [1.29, 1.82) is 0 Å². The van der Waals surface area contributed by atoms with Gasteiger partial charge >= 0.3 is 0 Å². The molecule has 7 heteroatoms. The van der Waals surface area contributed by atoms with Gasteiger partial charge in [-0.1, -0.05) is 0 Å². The van der Waals surface area contributed by atoms with Gasteiger partial charge in [-0.05, 0) is 0 Å².